The lowest BCUT2D eigenvalue weighted by molar-refractivity contribution is -0.131. The third-order valence-corrected chi connectivity index (χ3v) is 8.38. The van der Waals surface area contributed by atoms with Crippen molar-refractivity contribution in [1.29, 1.82) is 0 Å². The molecule has 34 heavy (non-hydrogen) atoms. The molecule has 7 heteroatoms. The van der Waals surface area contributed by atoms with Crippen LogP contribution < -0.4 is 5.56 Å². The zero-order valence-electron chi connectivity index (χ0n) is 19.1. The van der Waals surface area contributed by atoms with E-state index < -0.39 is 0 Å². The summed E-state index contributed by atoms with van der Waals surface area (Å²) in [5.41, 5.74) is 3.07. The Hall–Kier alpha value is -2.90. The summed E-state index contributed by atoms with van der Waals surface area (Å²) in [5, 5.41) is 2.43. The van der Waals surface area contributed by atoms with E-state index in [4.69, 9.17) is 4.98 Å². The average Bonchev–Trinajstić information content (AvgIpc) is 3.51. The Bertz CT molecular complexity index is 1330. The Morgan fingerprint density at radius 3 is 2.68 bits per heavy atom. The van der Waals surface area contributed by atoms with Crippen molar-refractivity contribution in [2.75, 3.05) is 6.54 Å². The SMILES string of the molecule is C[C@H](SCc1nc2scc(-c3ccccc3)c2c(=O)[nH]1)C(=O)N1CCC[C@@H]1Cc1ccccc1. The van der Waals surface area contributed by atoms with Gasteiger partial charge in [-0.15, -0.1) is 23.1 Å². The highest BCUT2D eigenvalue weighted by Gasteiger charge is 2.31. The van der Waals surface area contributed by atoms with Crippen LogP contribution in [0.15, 0.2) is 70.8 Å². The summed E-state index contributed by atoms with van der Waals surface area (Å²) in [6, 6.07) is 20.5. The van der Waals surface area contributed by atoms with Gasteiger partial charge in [0.15, 0.2) is 0 Å². The number of likely N-dealkylation sites (tertiary alicyclic amines) is 1. The Labute approximate surface area is 207 Å². The van der Waals surface area contributed by atoms with E-state index in [1.54, 1.807) is 0 Å². The first-order valence-electron chi connectivity index (χ1n) is 11.6. The molecule has 2 aromatic carbocycles. The fraction of sp³-hybridized carbons (Fsp3) is 0.296. The number of nitrogens with zero attached hydrogens (tertiary/aromatic N) is 2. The average molecular weight is 490 g/mol. The Balaban J connectivity index is 1.26. The van der Waals surface area contributed by atoms with Crippen LogP contribution in [0.25, 0.3) is 21.3 Å². The number of aromatic amines is 1. The molecule has 0 spiro atoms. The highest BCUT2D eigenvalue weighted by molar-refractivity contribution is 7.99. The van der Waals surface area contributed by atoms with Crippen molar-refractivity contribution >= 4 is 39.2 Å². The van der Waals surface area contributed by atoms with Gasteiger partial charge in [0, 0.05) is 23.5 Å². The zero-order valence-corrected chi connectivity index (χ0v) is 20.7. The van der Waals surface area contributed by atoms with Crippen LogP contribution in [0.4, 0.5) is 0 Å². The van der Waals surface area contributed by atoms with Crippen LogP contribution in [0.5, 0.6) is 0 Å². The second kappa shape index (κ2) is 10.2. The molecule has 2 aromatic heterocycles. The van der Waals surface area contributed by atoms with E-state index in [0.717, 1.165) is 41.8 Å². The van der Waals surface area contributed by atoms with Crippen LogP contribution in [0.1, 0.15) is 31.2 Å². The Morgan fingerprint density at radius 2 is 1.91 bits per heavy atom. The minimum atomic E-state index is -0.194. The van der Waals surface area contributed by atoms with Crippen LogP contribution in [-0.4, -0.2) is 38.6 Å². The summed E-state index contributed by atoms with van der Waals surface area (Å²) >= 11 is 3.02. The van der Waals surface area contributed by atoms with Gasteiger partial charge in [0.05, 0.1) is 16.4 Å². The lowest BCUT2D eigenvalue weighted by Crippen LogP contribution is -2.41. The number of hydrogen-bond acceptors (Lipinski definition) is 5. The smallest absolute Gasteiger partial charge is 0.260 e. The molecule has 1 N–H and O–H groups in total. The molecule has 0 unspecified atom stereocenters. The molecule has 1 aliphatic heterocycles. The number of nitrogens with one attached hydrogen (secondary N) is 1. The van der Waals surface area contributed by atoms with Gasteiger partial charge in [-0.25, -0.2) is 4.98 Å². The van der Waals surface area contributed by atoms with Crippen LogP contribution in [-0.2, 0) is 17.0 Å². The maximum absolute atomic E-state index is 13.2. The van der Waals surface area contributed by atoms with E-state index in [9.17, 15) is 9.59 Å². The zero-order chi connectivity index (χ0) is 23.5. The summed E-state index contributed by atoms with van der Waals surface area (Å²) in [6.45, 7) is 2.78. The van der Waals surface area contributed by atoms with E-state index in [2.05, 4.69) is 34.1 Å². The van der Waals surface area contributed by atoms with Crippen molar-refractivity contribution in [1.82, 2.24) is 14.9 Å². The van der Waals surface area contributed by atoms with Gasteiger partial charge in [-0.3, -0.25) is 9.59 Å². The van der Waals surface area contributed by atoms with Crippen LogP contribution >= 0.6 is 23.1 Å². The lowest BCUT2D eigenvalue weighted by Gasteiger charge is -2.27. The highest BCUT2D eigenvalue weighted by Crippen LogP contribution is 2.31. The van der Waals surface area contributed by atoms with Crippen molar-refractivity contribution in [3.63, 3.8) is 0 Å². The van der Waals surface area contributed by atoms with Gasteiger partial charge >= 0.3 is 0 Å². The molecule has 5 nitrogen and oxygen atoms in total. The van der Waals surface area contributed by atoms with E-state index in [-0.39, 0.29) is 22.8 Å². The molecule has 0 aliphatic carbocycles. The standard InChI is InChI=1S/C27H27N3O2S2/c1-18(27(32)30-14-8-13-21(30)15-19-9-4-2-5-10-19)33-17-23-28-25(31)24-22(16-34-26(24)29-23)20-11-6-3-7-12-20/h2-7,9-12,16,18,21H,8,13-15,17H2,1H3,(H,28,29,31)/t18-,21+/m0/s1. The van der Waals surface area contributed by atoms with Gasteiger partial charge in [0.1, 0.15) is 10.7 Å². The van der Waals surface area contributed by atoms with Crippen molar-refractivity contribution in [3.05, 3.63) is 87.8 Å². The van der Waals surface area contributed by atoms with Crippen LogP contribution in [0.2, 0.25) is 0 Å². The predicted octanol–water partition coefficient (Wildman–Crippen LogP) is 5.51. The number of H-pyrrole nitrogens is 1. The topological polar surface area (TPSA) is 66.1 Å². The van der Waals surface area contributed by atoms with E-state index >= 15 is 0 Å². The largest absolute Gasteiger partial charge is 0.338 e. The molecule has 0 bridgehead atoms. The van der Waals surface area contributed by atoms with E-state index in [1.807, 2.05) is 48.7 Å². The fourth-order valence-electron chi connectivity index (χ4n) is 4.62. The summed E-state index contributed by atoms with van der Waals surface area (Å²) in [5.74, 6) is 1.29. The quantitative estimate of drug-likeness (QED) is 0.372. The van der Waals surface area contributed by atoms with Crippen molar-refractivity contribution < 1.29 is 4.79 Å². The predicted molar refractivity (Wildman–Crippen MR) is 141 cm³/mol. The Kier molecular flexibility index (Phi) is 6.83. The second-order valence-electron chi connectivity index (χ2n) is 8.68. The lowest BCUT2D eigenvalue weighted by atomic mass is 10.0. The summed E-state index contributed by atoms with van der Waals surface area (Å²) in [7, 11) is 0. The third kappa shape index (κ3) is 4.81. The first-order valence-corrected chi connectivity index (χ1v) is 13.5. The van der Waals surface area contributed by atoms with Crippen molar-refractivity contribution in [3.8, 4) is 11.1 Å². The summed E-state index contributed by atoms with van der Waals surface area (Å²) in [6.07, 6.45) is 3.00. The van der Waals surface area contributed by atoms with Gasteiger partial charge < -0.3 is 9.88 Å². The number of fused-ring (bicyclic) bond motifs is 1. The molecule has 4 aromatic rings. The fourth-order valence-corrected chi connectivity index (χ4v) is 6.41. The molecule has 1 fully saturated rings. The molecule has 1 amide bonds. The molecule has 0 saturated carbocycles. The number of benzene rings is 2. The number of aromatic nitrogens is 2. The van der Waals surface area contributed by atoms with Crippen LogP contribution in [0, 0.1) is 0 Å². The molecule has 1 saturated heterocycles. The normalized spacial score (nSPS) is 16.7. The number of carbonyl (C=O) groups excluding carboxylic acids is 1. The highest BCUT2D eigenvalue weighted by atomic mass is 32.2. The van der Waals surface area contributed by atoms with Gasteiger partial charge in [-0.1, -0.05) is 60.7 Å². The number of rotatable bonds is 7. The molecular weight excluding hydrogens is 462 g/mol. The summed E-state index contributed by atoms with van der Waals surface area (Å²) in [4.78, 5) is 36.5. The van der Waals surface area contributed by atoms with Gasteiger partial charge in [0.25, 0.3) is 5.56 Å². The van der Waals surface area contributed by atoms with Crippen molar-refractivity contribution in [2.45, 2.75) is 43.2 Å². The molecule has 3 heterocycles. The first-order chi connectivity index (χ1) is 16.6. The van der Waals surface area contributed by atoms with E-state index in [1.165, 1.54) is 28.7 Å². The van der Waals surface area contributed by atoms with E-state index in [0.29, 0.717) is 17.0 Å². The third-order valence-electron chi connectivity index (χ3n) is 6.37. The maximum Gasteiger partial charge on any atom is 0.260 e. The number of thiophene rings is 1. The number of thioether (sulfide) groups is 1. The molecule has 2 atom stereocenters. The van der Waals surface area contributed by atoms with Crippen LogP contribution in [0.3, 0.4) is 0 Å². The molecule has 174 valence electrons. The number of amides is 1. The minimum absolute atomic E-state index is 0.123. The molecule has 0 radical (unpaired) electrons. The minimum Gasteiger partial charge on any atom is -0.338 e. The van der Waals surface area contributed by atoms with Gasteiger partial charge in [0.2, 0.25) is 5.91 Å². The second-order valence-corrected chi connectivity index (χ2v) is 10.9. The number of carbonyl (C=O) groups is 1. The molecule has 5 rings (SSSR count). The Morgan fingerprint density at radius 1 is 1.18 bits per heavy atom. The van der Waals surface area contributed by atoms with Gasteiger partial charge in [-0.05, 0) is 37.3 Å². The first kappa shape index (κ1) is 22.9. The molecule has 1 aliphatic rings. The maximum atomic E-state index is 13.2. The van der Waals surface area contributed by atoms with Gasteiger partial charge in [-0.2, -0.15) is 0 Å². The van der Waals surface area contributed by atoms with Crippen molar-refractivity contribution in [2.24, 2.45) is 0 Å². The monoisotopic (exact) mass is 489 g/mol. The summed E-state index contributed by atoms with van der Waals surface area (Å²) < 4.78 is 0. The molecular formula is C27H27N3O2S2. The number of hydrogen-bond donors (Lipinski definition) is 1.